The van der Waals surface area contributed by atoms with Gasteiger partial charge in [0.2, 0.25) is 0 Å². The third kappa shape index (κ3) is 4.33. The maximum atomic E-state index is 11.7. The summed E-state index contributed by atoms with van der Waals surface area (Å²) in [6.45, 7) is 5.94. The number of aromatic nitrogens is 1. The van der Waals surface area contributed by atoms with Gasteiger partial charge in [-0.3, -0.25) is 0 Å². The van der Waals surface area contributed by atoms with E-state index in [4.69, 9.17) is 4.74 Å². The van der Waals surface area contributed by atoms with Crippen molar-refractivity contribution in [2.75, 3.05) is 32.1 Å². The van der Waals surface area contributed by atoms with Crippen LogP contribution in [0, 0.1) is 5.92 Å². The minimum absolute atomic E-state index is 0.339. The number of carbonyl (C=O) groups excluding carboxylic acids is 1. The molecule has 1 heterocycles. The van der Waals surface area contributed by atoms with Crippen LogP contribution in [0.2, 0.25) is 0 Å². The van der Waals surface area contributed by atoms with Crippen molar-refractivity contribution in [2.24, 2.45) is 5.92 Å². The zero-order chi connectivity index (χ0) is 13.4. The predicted octanol–water partition coefficient (Wildman–Crippen LogP) is 1.53. The summed E-state index contributed by atoms with van der Waals surface area (Å²) >= 11 is 0. The molecule has 0 aromatic carbocycles. The SMILES string of the molecule is CCOC(=O)c1cccnc1NCC(C)CNC. The molecule has 1 atom stereocenters. The highest BCUT2D eigenvalue weighted by molar-refractivity contribution is 5.94. The van der Waals surface area contributed by atoms with Crippen LogP contribution in [0.1, 0.15) is 24.2 Å². The van der Waals surface area contributed by atoms with Gasteiger partial charge in [-0.2, -0.15) is 0 Å². The smallest absolute Gasteiger partial charge is 0.341 e. The lowest BCUT2D eigenvalue weighted by atomic mass is 10.1. The zero-order valence-corrected chi connectivity index (χ0v) is 11.2. The van der Waals surface area contributed by atoms with Gasteiger partial charge in [0, 0.05) is 12.7 Å². The molecule has 5 nitrogen and oxygen atoms in total. The third-order valence-corrected chi connectivity index (χ3v) is 2.47. The Labute approximate surface area is 108 Å². The van der Waals surface area contributed by atoms with Crippen molar-refractivity contribution >= 4 is 11.8 Å². The van der Waals surface area contributed by atoms with Crippen LogP contribution in [-0.4, -0.2) is 37.7 Å². The standard InChI is InChI=1S/C13H21N3O2/c1-4-18-13(17)11-6-5-7-15-12(11)16-9-10(2)8-14-3/h5-7,10,14H,4,8-9H2,1-3H3,(H,15,16). The second kappa shape index (κ2) is 7.66. The quantitative estimate of drug-likeness (QED) is 0.719. The monoisotopic (exact) mass is 251 g/mol. The van der Waals surface area contributed by atoms with E-state index in [1.807, 2.05) is 7.05 Å². The highest BCUT2D eigenvalue weighted by Crippen LogP contribution is 2.13. The summed E-state index contributed by atoms with van der Waals surface area (Å²) in [5.41, 5.74) is 0.482. The molecular weight excluding hydrogens is 230 g/mol. The number of nitrogens with one attached hydrogen (secondary N) is 2. The molecule has 0 aliphatic heterocycles. The molecule has 0 bridgehead atoms. The lowest BCUT2D eigenvalue weighted by molar-refractivity contribution is 0.0527. The molecule has 100 valence electrons. The van der Waals surface area contributed by atoms with Crippen LogP contribution in [0.4, 0.5) is 5.82 Å². The fourth-order valence-corrected chi connectivity index (χ4v) is 1.61. The molecule has 0 amide bonds. The Kier molecular flexibility index (Phi) is 6.14. The molecule has 1 aromatic rings. The van der Waals surface area contributed by atoms with Crippen molar-refractivity contribution in [1.29, 1.82) is 0 Å². The molecule has 1 aromatic heterocycles. The highest BCUT2D eigenvalue weighted by atomic mass is 16.5. The van der Waals surface area contributed by atoms with Crippen molar-refractivity contribution in [3.63, 3.8) is 0 Å². The number of ether oxygens (including phenoxy) is 1. The Morgan fingerprint density at radius 1 is 1.50 bits per heavy atom. The Morgan fingerprint density at radius 3 is 2.94 bits per heavy atom. The topological polar surface area (TPSA) is 63.2 Å². The summed E-state index contributed by atoms with van der Waals surface area (Å²) in [5.74, 6) is 0.695. The van der Waals surface area contributed by atoms with E-state index in [2.05, 4.69) is 22.5 Å². The van der Waals surface area contributed by atoms with Crippen molar-refractivity contribution in [3.8, 4) is 0 Å². The van der Waals surface area contributed by atoms with E-state index in [1.54, 1.807) is 25.3 Å². The van der Waals surface area contributed by atoms with E-state index in [0.717, 1.165) is 13.1 Å². The van der Waals surface area contributed by atoms with Crippen LogP contribution < -0.4 is 10.6 Å². The molecule has 5 heteroatoms. The van der Waals surface area contributed by atoms with Crippen LogP contribution in [0.15, 0.2) is 18.3 Å². The molecule has 0 aliphatic carbocycles. The van der Waals surface area contributed by atoms with Gasteiger partial charge in [0.1, 0.15) is 11.4 Å². The largest absolute Gasteiger partial charge is 0.462 e. The number of nitrogens with zero attached hydrogens (tertiary/aromatic N) is 1. The average Bonchev–Trinajstić information content (AvgIpc) is 2.37. The number of pyridine rings is 1. The van der Waals surface area contributed by atoms with Crippen LogP contribution in [0.3, 0.4) is 0 Å². The zero-order valence-electron chi connectivity index (χ0n) is 11.2. The van der Waals surface area contributed by atoms with E-state index < -0.39 is 0 Å². The number of rotatable bonds is 7. The molecule has 1 unspecified atom stereocenters. The number of esters is 1. The average molecular weight is 251 g/mol. The Hall–Kier alpha value is -1.62. The summed E-state index contributed by atoms with van der Waals surface area (Å²) in [4.78, 5) is 15.9. The van der Waals surface area contributed by atoms with E-state index in [-0.39, 0.29) is 5.97 Å². The van der Waals surface area contributed by atoms with E-state index in [9.17, 15) is 4.79 Å². The fourth-order valence-electron chi connectivity index (χ4n) is 1.61. The van der Waals surface area contributed by atoms with Gasteiger partial charge in [0.25, 0.3) is 0 Å². The minimum atomic E-state index is -0.339. The molecular formula is C13H21N3O2. The molecule has 1 rings (SSSR count). The number of hydrogen-bond donors (Lipinski definition) is 2. The summed E-state index contributed by atoms with van der Waals surface area (Å²) in [6.07, 6.45) is 1.66. The minimum Gasteiger partial charge on any atom is -0.462 e. The number of carbonyl (C=O) groups is 1. The van der Waals surface area contributed by atoms with Gasteiger partial charge in [0.15, 0.2) is 0 Å². The number of hydrogen-bond acceptors (Lipinski definition) is 5. The fraction of sp³-hybridized carbons (Fsp3) is 0.538. The van der Waals surface area contributed by atoms with E-state index in [0.29, 0.717) is 23.9 Å². The lowest BCUT2D eigenvalue weighted by Crippen LogP contribution is -2.24. The van der Waals surface area contributed by atoms with Gasteiger partial charge in [-0.1, -0.05) is 6.92 Å². The Morgan fingerprint density at radius 2 is 2.28 bits per heavy atom. The maximum Gasteiger partial charge on any atom is 0.341 e. The Bertz CT molecular complexity index is 382. The first-order chi connectivity index (χ1) is 8.69. The summed E-state index contributed by atoms with van der Waals surface area (Å²) in [7, 11) is 1.92. The first-order valence-corrected chi connectivity index (χ1v) is 6.19. The molecule has 0 saturated heterocycles. The van der Waals surface area contributed by atoms with Crippen molar-refractivity contribution in [2.45, 2.75) is 13.8 Å². The molecule has 0 radical (unpaired) electrons. The molecule has 0 fully saturated rings. The lowest BCUT2D eigenvalue weighted by Gasteiger charge is -2.14. The summed E-state index contributed by atoms with van der Waals surface area (Å²) < 4.78 is 4.99. The summed E-state index contributed by atoms with van der Waals surface area (Å²) in [6, 6.07) is 3.45. The molecule has 2 N–H and O–H groups in total. The molecule has 18 heavy (non-hydrogen) atoms. The Balaban J connectivity index is 2.67. The van der Waals surface area contributed by atoms with Gasteiger partial charge in [-0.15, -0.1) is 0 Å². The van der Waals surface area contributed by atoms with Crippen molar-refractivity contribution < 1.29 is 9.53 Å². The second-order valence-corrected chi connectivity index (χ2v) is 4.16. The van der Waals surface area contributed by atoms with Gasteiger partial charge >= 0.3 is 5.97 Å². The number of anilines is 1. The van der Waals surface area contributed by atoms with Crippen LogP contribution in [-0.2, 0) is 4.74 Å². The van der Waals surface area contributed by atoms with Crippen LogP contribution in [0.25, 0.3) is 0 Å². The van der Waals surface area contributed by atoms with Gasteiger partial charge in [0.05, 0.1) is 6.61 Å². The van der Waals surface area contributed by atoms with Gasteiger partial charge in [-0.05, 0) is 38.6 Å². The normalized spacial score (nSPS) is 11.9. The van der Waals surface area contributed by atoms with Gasteiger partial charge in [-0.25, -0.2) is 9.78 Å². The van der Waals surface area contributed by atoms with Crippen molar-refractivity contribution in [3.05, 3.63) is 23.9 Å². The van der Waals surface area contributed by atoms with E-state index >= 15 is 0 Å². The van der Waals surface area contributed by atoms with Gasteiger partial charge < -0.3 is 15.4 Å². The first-order valence-electron chi connectivity index (χ1n) is 6.19. The van der Waals surface area contributed by atoms with Crippen LogP contribution >= 0.6 is 0 Å². The molecule has 0 aliphatic rings. The maximum absolute atomic E-state index is 11.7. The van der Waals surface area contributed by atoms with E-state index in [1.165, 1.54) is 0 Å². The van der Waals surface area contributed by atoms with Crippen LogP contribution in [0.5, 0.6) is 0 Å². The molecule has 0 saturated carbocycles. The summed E-state index contributed by atoms with van der Waals surface area (Å²) in [5, 5.41) is 6.29. The molecule has 0 spiro atoms. The van der Waals surface area contributed by atoms with Crippen molar-refractivity contribution in [1.82, 2.24) is 10.3 Å². The second-order valence-electron chi connectivity index (χ2n) is 4.16. The predicted molar refractivity (Wildman–Crippen MR) is 71.8 cm³/mol. The highest BCUT2D eigenvalue weighted by Gasteiger charge is 2.13. The third-order valence-electron chi connectivity index (χ3n) is 2.47. The first kappa shape index (κ1) is 14.4.